The van der Waals surface area contributed by atoms with Crippen LogP contribution in [-0.4, -0.2) is 47.0 Å². The molecule has 2 amide bonds. The van der Waals surface area contributed by atoms with Crippen LogP contribution in [0.15, 0.2) is 60.8 Å². The van der Waals surface area contributed by atoms with Gasteiger partial charge in [0.05, 0.1) is 19.3 Å². The summed E-state index contributed by atoms with van der Waals surface area (Å²) in [4.78, 5) is 15.1. The van der Waals surface area contributed by atoms with Crippen molar-refractivity contribution in [2.75, 3.05) is 30.8 Å². The van der Waals surface area contributed by atoms with Crippen LogP contribution >= 0.6 is 0 Å². The maximum absolute atomic E-state index is 12.5. The van der Waals surface area contributed by atoms with Crippen LogP contribution < -0.4 is 15.4 Å². The van der Waals surface area contributed by atoms with Crippen LogP contribution in [0, 0.1) is 6.92 Å². The Morgan fingerprint density at radius 2 is 1.91 bits per heavy atom. The number of hydrogen-bond acceptors (Lipinski definition) is 4. The molecule has 7 heteroatoms. The molecule has 0 spiro atoms. The molecule has 1 fully saturated rings. The number of carbonyl (C=O) groups is 1. The lowest BCUT2D eigenvalue weighted by molar-refractivity contribution is 0.139. The smallest absolute Gasteiger partial charge is 0.324 e. The highest BCUT2D eigenvalue weighted by Gasteiger charge is 2.26. The van der Waals surface area contributed by atoms with Crippen molar-refractivity contribution in [2.24, 2.45) is 0 Å². The second-order valence-electron chi connectivity index (χ2n) is 8.73. The van der Waals surface area contributed by atoms with Gasteiger partial charge < -0.3 is 15.0 Å². The van der Waals surface area contributed by atoms with Gasteiger partial charge in [0.15, 0.2) is 0 Å². The maximum atomic E-state index is 12.5. The second kappa shape index (κ2) is 10.5. The number of carbonyl (C=O) groups excluding carboxylic acids is 1. The van der Waals surface area contributed by atoms with Gasteiger partial charge in [-0.15, -0.1) is 0 Å². The van der Waals surface area contributed by atoms with E-state index in [1.807, 2.05) is 48.0 Å². The summed E-state index contributed by atoms with van der Waals surface area (Å²) in [7, 11) is 1.71. The van der Waals surface area contributed by atoms with E-state index in [4.69, 9.17) is 4.74 Å². The van der Waals surface area contributed by atoms with Gasteiger partial charge in [0, 0.05) is 30.9 Å². The number of urea groups is 1. The van der Waals surface area contributed by atoms with Crippen molar-refractivity contribution >= 4 is 17.5 Å². The lowest BCUT2D eigenvalue weighted by atomic mass is 10.00. The summed E-state index contributed by atoms with van der Waals surface area (Å²) in [5.74, 6) is 1.63. The molecule has 0 bridgehead atoms. The Hall–Kier alpha value is -3.32. The van der Waals surface area contributed by atoms with Gasteiger partial charge in [-0.2, -0.15) is 5.10 Å². The van der Waals surface area contributed by atoms with Gasteiger partial charge >= 0.3 is 6.03 Å². The Labute approximate surface area is 195 Å². The molecule has 0 radical (unpaired) electrons. The number of rotatable bonds is 7. The predicted molar refractivity (Wildman–Crippen MR) is 132 cm³/mol. The fourth-order valence-corrected chi connectivity index (χ4v) is 4.53. The molecular weight excluding hydrogens is 414 g/mol. The zero-order valence-corrected chi connectivity index (χ0v) is 19.6. The molecule has 1 saturated heterocycles. The SMILES string of the molecule is COc1cccc(C[C@H](C)N2CCC(n3nccc3NC(=O)Nc3ccccc3C)CC2)c1. The highest BCUT2D eigenvalue weighted by atomic mass is 16.5. The van der Waals surface area contributed by atoms with Gasteiger partial charge in [-0.25, -0.2) is 9.48 Å². The summed E-state index contributed by atoms with van der Waals surface area (Å²) in [5, 5.41) is 10.4. The van der Waals surface area contributed by atoms with Gasteiger partial charge in [0.1, 0.15) is 11.6 Å². The normalized spacial score (nSPS) is 15.7. The standard InChI is InChI=1S/C26H33N5O2/c1-19-7-4-5-10-24(19)28-26(32)29-25-11-14-27-31(25)22-12-15-30(16-13-22)20(2)17-21-8-6-9-23(18-21)33-3/h4-11,14,18,20,22H,12-13,15-17H2,1-3H3,(H2,28,29,32)/t20-/m0/s1. The highest BCUT2D eigenvalue weighted by molar-refractivity contribution is 5.99. The zero-order chi connectivity index (χ0) is 23.2. The summed E-state index contributed by atoms with van der Waals surface area (Å²) < 4.78 is 7.32. The molecule has 2 aromatic carbocycles. The second-order valence-corrected chi connectivity index (χ2v) is 8.73. The number of piperidine rings is 1. The quantitative estimate of drug-likeness (QED) is 0.528. The number of nitrogens with zero attached hydrogens (tertiary/aromatic N) is 3. The van der Waals surface area contributed by atoms with Crippen LogP contribution in [0.4, 0.5) is 16.3 Å². The van der Waals surface area contributed by atoms with Crippen molar-refractivity contribution < 1.29 is 9.53 Å². The molecule has 2 heterocycles. The first-order valence-corrected chi connectivity index (χ1v) is 11.6. The topological polar surface area (TPSA) is 71.4 Å². The van der Waals surface area contributed by atoms with Crippen LogP contribution in [0.5, 0.6) is 5.75 Å². The molecule has 0 unspecified atom stereocenters. The van der Waals surface area contributed by atoms with Crippen LogP contribution in [0.25, 0.3) is 0 Å². The molecule has 1 aliphatic rings. The van der Waals surface area contributed by atoms with Crippen LogP contribution in [0.3, 0.4) is 0 Å². The minimum absolute atomic E-state index is 0.254. The lowest BCUT2D eigenvalue weighted by Crippen LogP contribution is -2.41. The maximum Gasteiger partial charge on any atom is 0.324 e. The Balaban J connectivity index is 1.31. The van der Waals surface area contributed by atoms with Crippen molar-refractivity contribution in [3.05, 3.63) is 71.9 Å². The first-order valence-electron chi connectivity index (χ1n) is 11.6. The largest absolute Gasteiger partial charge is 0.497 e. The van der Waals surface area contributed by atoms with E-state index >= 15 is 0 Å². The number of likely N-dealkylation sites (tertiary alicyclic amines) is 1. The molecule has 3 aromatic rings. The molecule has 2 N–H and O–H groups in total. The molecule has 33 heavy (non-hydrogen) atoms. The summed E-state index contributed by atoms with van der Waals surface area (Å²) in [5.41, 5.74) is 3.12. The molecular formula is C26H33N5O2. The van der Waals surface area contributed by atoms with E-state index in [2.05, 4.69) is 45.8 Å². The van der Waals surface area contributed by atoms with Crippen LogP contribution in [-0.2, 0) is 6.42 Å². The Kier molecular flexibility index (Phi) is 7.29. The first kappa shape index (κ1) is 22.9. The number of aryl methyl sites for hydroxylation is 1. The van der Waals surface area contributed by atoms with Gasteiger partial charge in [-0.1, -0.05) is 30.3 Å². The molecule has 4 rings (SSSR count). The number of benzene rings is 2. The summed E-state index contributed by atoms with van der Waals surface area (Å²) in [6.45, 7) is 6.27. The molecule has 7 nitrogen and oxygen atoms in total. The van der Waals surface area contributed by atoms with Gasteiger partial charge in [0.25, 0.3) is 0 Å². The summed E-state index contributed by atoms with van der Waals surface area (Å²) in [6, 6.07) is 18.4. The van der Waals surface area contributed by atoms with Crippen molar-refractivity contribution in [1.29, 1.82) is 0 Å². The monoisotopic (exact) mass is 447 g/mol. The predicted octanol–water partition coefficient (Wildman–Crippen LogP) is 5.11. The van der Waals surface area contributed by atoms with Gasteiger partial charge in [-0.3, -0.25) is 5.32 Å². The highest BCUT2D eigenvalue weighted by Crippen LogP contribution is 2.27. The van der Waals surface area contributed by atoms with E-state index < -0.39 is 0 Å². The molecule has 1 atom stereocenters. The van der Waals surface area contributed by atoms with E-state index in [0.29, 0.717) is 6.04 Å². The Morgan fingerprint density at radius 3 is 2.67 bits per heavy atom. The van der Waals surface area contributed by atoms with Crippen molar-refractivity contribution in [3.63, 3.8) is 0 Å². The number of amides is 2. The summed E-state index contributed by atoms with van der Waals surface area (Å²) in [6.07, 6.45) is 4.74. The molecule has 174 valence electrons. The summed E-state index contributed by atoms with van der Waals surface area (Å²) >= 11 is 0. The van der Waals surface area contributed by atoms with E-state index in [1.165, 1.54) is 5.56 Å². The average molecular weight is 448 g/mol. The molecule has 0 saturated carbocycles. The van der Waals surface area contributed by atoms with E-state index in [1.54, 1.807) is 13.3 Å². The number of anilines is 2. The fourth-order valence-electron chi connectivity index (χ4n) is 4.53. The van der Waals surface area contributed by atoms with Crippen molar-refractivity contribution in [3.8, 4) is 5.75 Å². The van der Waals surface area contributed by atoms with E-state index in [9.17, 15) is 4.79 Å². The van der Waals surface area contributed by atoms with Crippen LogP contribution in [0.1, 0.15) is 36.9 Å². The number of aromatic nitrogens is 2. The molecule has 1 aliphatic heterocycles. The number of methoxy groups -OCH3 is 1. The number of nitrogens with one attached hydrogen (secondary N) is 2. The number of hydrogen-bond donors (Lipinski definition) is 2. The third-order valence-electron chi connectivity index (χ3n) is 6.44. The van der Waals surface area contributed by atoms with Gasteiger partial charge in [-0.05, 0) is 62.4 Å². The van der Waals surface area contributed by atoms with Crippen molar-refractivity contribution in [2.45, 2.75) is 45.2 Å². The average Bonchev–Trinajstić information content (AvgIpc) is 3.28. The molecule has 1 aromatic heterocycles. The third kappa shape index (κ3) is 5.73. The van der Waals surface area contributed by atoms with E-state index in [-0.39, 0.29) is 12.1 Å². The van der Waals surface area contributed by atoms with Crippen LogP contribution in [0.2, 0.25) is 0 Å². The minimum atomic E-state index is -0.254. The number of ether oxygens (including phenoxy) is 1. The Bertz CT molecular complexity index is 1070. The van der Waals surface area contributed by atoms with E-state index in [0.717, 1.165) is 55.2 Å². The first-order chi connectivity index (χ1) is 16.0. The third-order valence-corrected chi connectivity index (χ3v) is 6.44. The lowest BCUT2D eigenvalue weighted by Gasteiger charge is -2.36. The minimum Gasteiger partial charge on any atom is -0.497 e. The van der Waals surface area contributed by atoms with Gasteiger partial charge in [0.2, 0.25) is 0 Å². The number of para-hydroxylation sites is 1. The zero-order valence-electron chi connectivity index (χ0n) is 19.6. The Morgan fingerprint density at radius 1 is 1.12 bits per heavy atom. The molecule has 0 aliphatic carbocycles. The van der Waals surface area contributed by atoms with Crippen molar-refractivity contribution in [1.82, 2.24) is 14.7 Å². The fraction of sp³-hybridized carbons (Fsp3) is 0.385.